The van der Waals surface area contributed by atoms with E-state index in [0.29, 0.717) is 11.3 Å². The average Bonchev–Trinajstić information content (AvgIpc) is 2.52. The van der Waals surface area contributed by atoms with Crippen LogP contribution in [0.1, 0.15) is 5.56 Å². The molecule has 2 amide bonds. The molecule has 0 radical (unpaired) electrons. The van der Waals surface area contributed by atoms with Crippen LogP contribution in [0, 0.1) is 0 Å². The molecule has 0 saturated heterocycles. The van der Waals surface area contributed by atoms with Gasteiger partial charge in [0.25, 0.3) is 0 Å². The summed E-state index contributed by atoms with van der Waals surface area (Å²) >= 11 is 3.27. The predicted octanol–water partition coefficient (Wildman–Crippen LogP) is 1.35. The van der Waals surface area contributed by atoms with Gasteiger partial charge < -0.3 is 10.6 Å². The SMILES string of the molecule is NS(=O)(=O)c1ccc(CNC(=O)C(=O)Nc2cccc(Br)c2)cc1. The summed E-state index contributed by atoms with van der Waals surface area (Å²) in [5.74, 6) is -1.60. The van der Waals surface area contributed by atoms with Gasteiger partial charge in [0.1, 0.15) is 0 Å². The Hall–Kier alpha value is -2.23. The van der Waals surface area contributed by atoms with Crippen LogP contribution in [0.5, 0.6) is 0 Å². The Morgan fingerprint density at radius 2 is 1.71 bits per heavy atom. The number of anilines is 1. The van der Waals surface area contributed by atoms with Gasteiger partial charge in [0.05, 0.1) is 4.90 Å². The molecule has 0 aliphatic rings. The molecule has 0 unspecified atom stereocenters. The van der Waals surface area contributed by atoms with Crippen molar-refractivity contribution in [2.45, 2.75) is 11.4 Å². The Kier molecular flexibility index (Phi) is 5.71. The van der Waals surface area contributed by atoms with Crippen LogP contribution in [0.15, 0.2) is 57.9 Å². The molecule has 7 nitrogen and oxygen atoms in total. The molecule has 9 heteroatoms. The summed E-state index contributed by atoms with van der Waals surface area (Å²) in [6.45, 7) is 0.0790. The molecule has 0 saturated carbocycles. The lowest BCUT2D eigenvalue weighted by atomic mass is 10.2. The lowest BCUT2D eigenvalue weighted by molar-refractivity contribution is -0.136. The molecule has 0 fully saturated rings. The summed E-state index contributed by atoms with van der Waals surface area (Å²) in [7, 11) is -3.76. The normalized spacial score (nSPS) is 10.9. The van der Waals surface area contributed by atoms with E-state index in [4.69, 9.17) is 5.14 Å². The highest BCUT2D eigenvalue weighted by atomic mass is 79.9. The van der Waals surface area contributed by atoms with E-state index in [-0.39, 0.29) is 11.4 Å². The number of benzene rings is 2. The molecule has 4 N–H and O–H groups in total. The quantitative estimate of drug-likeness (QED) is 0.657. The van der Waals surface area contributed by atoms with Gasteiger partial charge in [-0.2, -0.15) is 0 Å². The van der Waals surface area contributed by atoms with Gasteiger partial charge in [-0.1, -0.05) is 34.1 Å². The number of sulfonamides is 1. The number of carbonyl (C=O) groups is 2. The minimum atomic E-state index is -3.76. The van der Waals surface area contributed by atoms with Crippen LogP contribution in [-0.2, 0) is 26.2 Å². The summed E-state index contributed by atoms with van der Waals surface area (Å²) in [5, 5.41) is 9.92. The fourth-order valence-corrected chi connectivity index (χ4v) is 2.73. The van der Waals surface area contributed by atoms with E-state index in [0.717, 1.165) is 4.47 Å². The van der Waals surface area contributed by atoms with Gasteiger partial charge in [-0.25, -0.2) is 13.6 Å². The van der Waals surface area contributed by atoms with Crippen LogP contribution in [0.3, 0.4) is 0 Å². The van der Waals surface area contributed by atoms with E-state index >= 15 is 0 Å². The second-order valence-corrected chi connectivity index (χ2v) is 7.31. The number of halogens is 1. The maximum Gasteiger partial charge on any atom is 0.313 e. The van der Waals surface area contributed by atoms with Crippen LogP contribution in [0.25, 0.3) is 0 Å². The minimum absolute atomic E-state index is 0.0232. The van der Waals surface area contributed by atoms with E-state index in [1.807, 2.05) is 0 Å². The molecule has 126 valence electrons. The first-order chi connectivity index (χ1) is 11.3. The Bertz CT molecular complexity index is 867. The maximum absolute atomic E-state index is 11.8. The summed E-state index contributed by atoms with van der Waals surface area (Å²) in [6.07, 6.45) is 0. The van der Waals surface area contributed by atoms with E-state index < -0.39 is 21.8 Å². The number of rotatable bonds is 4. The van der Waals surface area contributed by atoms with Gasteiger partial charge in [-0.05, 0) is 35.9 Å². The fraction of sp³-hybridized carbons (Fsp3) is 0.0667. The van der Waals surface area contributed by atoms with Gasteiger partial charge in [0, 0.05) is 16.7 Å². The zero-order chi connectivity index (χ0) is 17.7. The monoisotopic (exact) mass is 411 g/mol. The van der Waals surface area contributed by atoms with Crippen molar-refractivity contribution in [2.75, 3.05) is 5.32 Å². The van der Waals surface area contributed by atoms with Gasteiger partial charge in [-0.3, -0.25) is 9.59 Å². The lowest BCUT2D eigenvalue weighted by Crippen LogP contribution is -2.34. The second-order valence-electron chi connectivity index (χ2n) is 4.84. The van der Waals surface area contributed by atoms with Crippen molar-refractivity contribution in [1.82, 2.24) is 5.32 Å². The average molecular weight is 412 g/mol. The van der Waals surface area contributed by atoms with Crippen molar-refractivity contribution < 1.29 is 18.0 Å². The first-order valence-corrected chi connectivity index (χ1v) is 9.06. The topological polar surface area (TPSA) is 118 Å². The smallest absolute Gasteiger partial charge is 0.313 e. The van der Waals surface area contributed by atoms with Crippen LogP contribution in [-0.4, -0.2) is 20.2 Å². The van der Waals surface area contributed by atoms with Crippen molar-refractivity contribution in [3.8, 4) is 0 Å². The zero-order valence-corrected chi connectivity index (χ0v) is 14.7. The molecule has 0 aromatic heterocycles. The third kappa shape index (κ3) is 5.15. The van der Waals surface area contributed by atoms with Crippen LogP contribution < -0.4 is 15.8 Å². The van der Waals surface area contributed by atoms with Crippen molar-refractivity contribution >= 4 is 43.5 Å². The molecule has 0 aliphatic heterocycles. The Balaban J connectivity index is 1.91. The zero-order valence-electron chi connectivity index (χ0n) is 12.3. The van der Waals surface area contributed by atoms with Gasteiger partial charge in [-0.15, -0.1) is 0 Å². The predicted molar refractivity (Wildman–Crippen MR) is 92.4 cm³/mol. The van der Waals surface area contributed by atoms with E-state index in [9.17, 15) is 18.0 Å². The van der Waals surface area contributed by atoms with E-state index in [1.54, 1.807) is 24.3 Å². The second kappa shape index (κ2) is 7.56. The molecule has 2 aromatic carbocycles. The van der Waals surface area contributed by atoms with Gasteiger partial charge >= 0.3 is 11.8 Å². The van der Waals surface area contributed by atoms with Crippen LogP contribution >= 0.6 is 15.9 Å². The third-order valence-corrected chi connectivity index (χ3v) is 4.42. The molecule has 0 spiro atoms. The highest BCUT2D eigenvalue weighted by Gasteiger charge is 2.14. The number of amides is 2. The highest BCUT2D eigenvalue weighted by molar-refractivity contribution is 9.10. The summed E-state index contributed by atoms with van der Waals surface area (Å²) in [4.78, 5) is 23.6. The number of hydrogen-bond donors (Lipinski definition) is 3. The molecule has 0 atom stereocenters. The van der Waals surface area contributed by atoms with Crippen LogP contribution in [0.2, 0.25) is 0 Å². The van der Waals surface area contributed by atoms with Crippen molar-refractivity contribution in [3.63, 3.8) is 0 Å². The number of hydrogen-bond acceptors (Lipinski definition) is 4. The maximum atomic E-state index is 11.8. The van der Waals surface area contributed by atoms with E-state index in [1.165, 1.54) is 24.3 Å². The number of nitrogens with one attached hydrogen (secondary N) is 2. The number of nitrogens with two attached hydrogens (primary N) is 1. The molecule has 2 aromatic rings. The molecular weight excluding hydrogens is 398 g/mol. The van der Waals surface area contributed by atoms with E-state index in [2.05, 4.69) is 26.6 Å². The number of carbonyl (C=O) groups excluding carboxylic acids is 2. The summed E-state index contributed by atoms with van der Waals surface area (Å²) in [6, 6.07) is 12.5. The number of primary sulfonamides is 1. The molecule has 0 bridgehead atoms. The fourth-order valence-electron chi connectivity index (χ4n) is 1.81. The largest absolute Gasteiger partial charge is 0.344 e. The van der Waals surface area contributed by atoms with Crippen molar-refractivity contribution in [3.05, 3.63) is 58.6 Å². The molecular formula is C15H14BrN3O4S. The molecule has 0 heterocycles. The standard InChI is InChI=1S/C15H14BrN3O4S/c16-11-2-1-3-12(8-11)19-15(21)14(20)18-9-10-4-6-13(7-5-10)24(17,22)23/h1-8H,9H2,(H,18,20)(H,19,21)(H2,17,22,23). The Morgan fingerprint density at radius 3 is 2.29 bits per heavy atom. The summed E-state index contributed by atoms with van der Waals surface area (Å²) in [5.41, 5.74) is 1.12. The highest BCUT2D eigenvalue weighted by Crippen LogP contribution is 2.15. The minimum Gasteiger partial charge on any atom is -0.344 e. The van der Waals surface area contributed by atoms with Gasteiger partial charge in [0.2, 0.25) is 10.0 Å². The van der Waals surface area contributed by atoms with Crippen molar-refractivity contribution in [2.24, 2.45) is 5.14 Å². The third-order valence-electron chi connectivity index (χ3n) is 2.99. The lowest BCUT2D eigenvalue weighted by Gasteiger charge is -2.07. The van der Waals surface area contributed by atoms with Crippen molar-refractivity contribution in [1.29, 1.82) is 0 Å². The Labute approximate surface area is 147 Å². The molecule has 2 rings (SSSR count). The van der Waals surface area contributed by atoms with Crippen LogP contribution in [0.4, 0.5) is 5.69 Å². The Morgan fingerprint density at radius 1 is 1.04 bits per heavy atom. The molecule has 0 aliphatic carbocycles. The first-order valence-electron chi connectivity index (χ1n) is 6.72. The summed E-state index contributed by atoms with van der Waals surface area (Å²) < 4.78 is 23.1. The van der Waals surface area contributed by atoms with Gasteiger partial charge in [0.15, 0.2) is 0 Å². The first kappa shape index (κ1) is 18.1. The molecule has 24 heavy (non-hydrogen) atoms.